The van der Waals surface area contributed by atoms with Crippen molar-refractivity contribution < 1.29 is 24.2 Å². The number of pyridine rings is 1. The highest BCUT2D eigenvalue weighted by Crippen LogP contribution is 2.33. The van der Waals surface area contributed by atoms with Gasteiger partial charge in [0, 0.05) is 27.1 Å². The molecule has 2 heterocycles. The smallest absolute Gasteiger partial charge is 0.409 e. The molecule has 0 unspecified atom stereocenters. The molecule has 184 valence electrons. The molecule has 2 saturated carbocycles. The molecule has 0 spiro atoms. The summed E-state index contributed by atoms with van der Waals surface area (Å²) in [6, 6.07) is 3.68. The van der Waals surface area contributed by atoms with E-state index in [1.807, 2.05) is 19.1 Å². The Morgan fingerprint density at radius 3 is 2.68 bits per heavy atom. The largest absolute Gasteiger partial charge is 0.489 e. The van der Waals surface area contributed by atoms with Gasteiger partial charge in [-0.05, 0) is 63.0 Å². The molecule has 0 bridgehead atoms. The van der Waals surface area contributed by atoms with E-state index in [0.29, 0.717) is 34.4 Å². The Balaban J connectivity index is 1.38. The van der Waals surface area contributed by atoms with Gasteiger partial charge in [-0.15, -0.1) is 5.10 Å². The molecule has 2 aromatic heterocycles. The fourth-order valence-electron chi connectivity index (χ4n) is 4.67. The highest BCUT2D eigenvalue weighted by Gasteiger charge is 2.28. The molecular weight excluding hydrogens is 438 g/mol. The first-order valence-electron chi connectivity index (χ1n) is 11.9. The quantitative estimate of drug-likeness (QED) is 0.589. The predicted octanol–water partition coefficient (Wildman–Crippen LogP) is 3.58. The maximum atomic E-state index is 12.4. The average molecular weight is 472 g/mol. The minimum atomic E-state index is -0.761. The van der Waals surface area contributed by atoms with Crippen LogP contribution in [0.5, 0.6) is 5.75 Å². The van der Waals surface area contributed by atoms with Crippen molar-refractivity contribution in [3.8, 4) is 17.1 Å². The van der Waals surface area contributed by atoms with Crippen molar-refractivity contribution in [1.82, 2.24) is 24.9 Å². The number of carboxylic acids is 1. The number of carbonyl (C=O) groups excluding carboxylic acids is 1. The Bertz CT molecular complexity index is 1030. The van der Waals surface area contributed by atoms with Crippen molar-refractivity contribution >= 4 is 12.1 Å². The second kappa shape index (κ2) is 10.4. The van der Waals surface area contributed by atoms with Crippen LogP contribution >= 0.6 is 0 Å². The van der Waals surface area contributed by atoms with Gasteiger partial charge in [-0.2, -0.15) is 0 Å². The Morgan fingerprint density at radius 1 is 1.21 bits per heavy atom. The summed E-state index contributed by atoms with van der Waals surface area (Å²) in [7, 11) is 3.52. The summed E-state index contributed by atoms with van der Waals surface area (Å²) in [5.41, 5.74) is 2.57. The van der Waals surface area contributed by atoms with Crippen molar-refractivity contribution in [1.29, 1.82) is 0 Å². The number of aryl methyl sites for hydroxylation is 2. The van der Waals surface area contributed by atoms with Gasteiger partial charge in [0.1, 0.15) is 23.7 Å². The molecule has 0 radical (unpaired) electrons. The summed E-state index contributed by atoms with van der Waals surface area (Å²) in [5, 5.41) is 17.3. The lowest BCUT2D eigenvalue weighted by atomic mass is 9.85. The molecule has 4 rings (SSSR count). The van der Waals surface area contributed by atoms with Gasteiger partial charge in [-0.3, -0.25) is 4.79 Å². The second-order valence-electron chi connectivity index (χ2n) is 9.54. The minimum absolute atomic E-state index is 0.000819. The molecule has 1 N–H and O–H groups in total. The van der Waals surface area contributed by atoms with E-state index in [4.69, 9.17) is 14.6 Å². The van der Waals surface area contributed by atoms with Crippen LogP contribution in [0.15, 0.2) is 12.1 Å². The topological polar surface area (TPSA) is 120 Å². The summed E-state index contributed by atoms with van der Waals surface area (Å²) in [5.74, 6) is 0.655. The zero-order valence-corrected chi connectivity index (χ0v) is 20.1. The van der Waals surface area contributed by atoms with Gasteiger partial charge in [0.15, 0.2) is 0 Å². The van der Waals surface area contributed by atoms with Gasteiger partial charge in [-0.25, -0.2) is 14.5 Å². The van der Waals surface area contributed by atoms with Crippen LogP contribution in [0.4, 0.5) is 4.79 Å². The number of carbonyl (C=O) groups is 2. The monoisotopic (exact) mass is 471 g/mol. The molecule has 2 fully saturated rings. The maximum Gasteiger partial charge on any atom is 0.409 e. The molecule has 10 heteroatoms. The van der Waals surface area contributed by atoms with Crippen LogP contribution in [0.1, 0.15) is 56.3 Å². The zero-order valence-electron chi connectivity index (χ0n) is 20.1. The van der Waals surface area contributed by atoms with Crippen LogP contribution in [0.2, 0.25) is 0 Å². The van der Waals surface area contributed by atoms with Crippen LogP contribution in [-0.4, -0.2) is 61.7 Å². The van der Waals surface area contributed by atoms with E-state index in [1.165, 1.54) is 19.3 Å². The van der Waals surface area contributed by atoms with E-state index in [-0.39, 0.29) is 31.1 Å². The molecule has 2 aromatic rings. The molecule has 34 heavy (non-hydrogen) atoms. The number of carboxylic acid groups (broad SMARTS) is 1. The van der Waals surface area contributed by atoms with Gasteiger partial charge in [0.05, 0.1) is 17.5 Å². The molecule has 0 aliphatic heterocycles. The first-order chi connectivity index (χ1) is 16.3. The predicted molar refractivity (Wildman–Crippen MR) is 123 cm³/mol. The first-order valence-corrected chi connectivity index (χ1v) is 11.9. The van der Waals surface area contributed by atoms with E-state index in [2.05, 4.69) is 15.3 Å². The standard InChI is InChI=1S/C24H33N5O5/c1-15-21(34-18-8-7-17(11-18)12-22(30)31)10-9-19(25-15)23-20(29(3)27-26-23)14-33-24(32)28(2)13-16-5-4-6-16/h9-10,16-18H,4-8,11-14H2,1-3H3,(H,30,31)/t17-,18+/m1/s1. The second-order valence-corrected chi connectivity index (χ2v) is 9.54. The molecule has 2 aliphatic rings. The van der Waals surface area contributed by atoms with Crippen molar-refractivity contribution in [3.63, 3.8) is 0 Å². The third kappa shape index (κ3) is 5.66. The number of hydrogen-bond donors (Lipinski definition) is 1. The number of aromatic nitrogens is 4. The molecule has 10 nitrogen and oxygen atoms in total. The summed E-state index contributed by atoms with van der Waals surface area (Å²) in [6.07, 6.45) is 5.84. The molecule has 1 amide bonds. The van der Waals surface area contributed by atoms with Crippen molar-refractivity contribution in [3.05, 3.63) is 23.5 Å². The van der Waals surface area contributed by atoms with E-state index in [0.717, 1.165) is 25.8 Å². The Kier molecular flexibility index (Phi) is 7.33. The number of rotatable bonds is 9. The van der Waals surface area contributed by atoms with Gasteiger partial charge >= 0.3 is 12.1 Å². The van der Waals surface area contributed by atoms with Crippen LogP contribution in [0, 0.1) is 18.8 Å². The number of nitrogens with zero attached hydrogens (tertiary/aromatic N) is 5. The number of amides is 1. The zero-order chi connectivity index (χ0) is 24.2. The Labute approximate surface area is 199 Å². The van der Waals surface area contributed by atoms with Crippen LogP contribution in [-0.2, 0) is 23.2 Å². The van der Waals surface area contributed by atoms with E-state index >= 15 is 0 Å². The normalized spacial score (nSPS) is 20.1. The molecule has 0 aromatic carbocycles. The number of ether oxygens (including phenoxy) is 2. The Morgan fingerprint density at radius 2 is 2.00 bits per heavy atom. The van der Waals surface area contributed by atoms with Crippen LogP contribution in [0.25, 0.3) is 11.4 Å². The van der Waals surface area contributed by atoms with Gasteiger partial charge < -0.3 is 19.5 Å². The molecule has 2 aliphatic carbocycles. The highest BCUT2D eigenvalue weighted by molar-refractivity contribution is 5.68. The highest BCUT2D eigenvalue weighted by atomic mass is 16.6. The van der Waals surface area contributed by atoms with E-state index in [1.54, 1.807) is 23.7 Å². The summed E-state index contributed by atoms with van der Waals surface area (Å²) in [6.45, 7) is 2.64. The van der Waals surface area contributed by atoms with Gasteiger partial charge in [0.25, 0.3) is 0 Å². The lowest BCUT2D eigenvalue weighted by molar-refractivity contribution is -0.138. The first kappa shape index (κ1) is 24.0. The minimum Gasteiger partial charge on any atom is -0.489 e. The van der Waals surface area contributed by atoms with Crippen LogP contribution in [0.3, 0.4) is 0 Å². The van der Waals surface area contributed by atoms with E-state index in [9.17, 15) is 9.59 Å². The van der Waals surface area contributed by atoms with Crippen molar-refractivity contribution in [2.24, 2.45) is 18.9 Å². The Hall–Kier alpha value is -3.17. The lowest BCUT2D eigenvalue weighted by Gasteiger charge is -2.29. The summed E-state index contributed by atoms with van der Waals surface area (Å²) >= 11 is 0. The SMILES string of the molecule is Cc1nc(-c2nnn(C)c2COC(=O)N(C)CC2CCC2)ccc1O[C@H]1CC[C@@H](CC(=O)O)C1. The van der Waals surface area contributed by atoms with Crippen molar-refractivity contribution in [2.45, 2.75) is 64.6 Å². The summed E-state index contributed by atoms with van der Waals surface area (Å²) < 4.78 is 13.3. The third-order valence-corrected chi connectivity index (χ3v) is 6.87. The van der Waals surface area contributed by atoms with Gasteiger partial charge in [-0.1, -0.05) is 11.6 Å². The number of aliphatic carboxylic acids is 1. The summed E-state index contributed by atoms with van der Waals surface area (Å²) in [4.78, 5) is 29.7. The molecular formula is C24H33N5O5. The van der Waals surface area contributed by atoms with Crippen LogP contribution < -0.4 is 4.74 Å². The van der Waals surface area contributed by atoms with Crippen molar-refractivity contribution in [2.75, 3.05) is 13.6 Å². The van der Waals surface area contributed by atoms with Gasteiger partial charge in [0.2, 0.25) is 0 Å². The maximum absolute atomic E-state index is 12.4. The third-order valence-electron chi connectivity index (χ3n) is 6.87. The lowest BCUT2D eigenvalue weighted by Crippen LogP contribution is -2.34. The molecule has 2 atom stereocenters. The molecule has 0 saturated heterocycles. The fourth-order valence-corrected chi connectivity index (χ4v) is 4.67. The number of hydrogen-bond acceptors (Lipinski definition) is 7. The van der Waals surface area contributed by atoms with E-state index < -0.39 is 5.97 Å². The average Bonchev–Trinajstić information content (AvgIpc) is 3.35. The fraction of sp³-hybridized carbons (Fsp3) is 0.625.